The highest BCUT2D eigenvalue weighted by molar-refractivity contribution is 7.80. The highest BCUT2D eigenvalue weighted by atomic mass is 35.5. The average Bonchev–Trinajstić information content (AvgIpc) is 2.31. The van der Waals surface area contributed by atoms with E-state index in [2.05, 4.69) is 10.6 Å². The molecule has 2 N–H and O–H groups in total. The average molecular weight is 331 g/mol. The Hall–Kier alpha value is -0.510. The lowest BCUT2D eigenvalue weighted by Gasteiger charge is -2.23. The molecule has 1 aromatic carbocycles. The van der Waals surface area contributed by atoms with E-state index in [-0.39, 0.29) is 0 Å². The van der Waals surface area contributed by atoms with Crippen LogP contribution in [-0.4, -0.2) is 11.2 Å². The van der Waals surface area contributed by atoms with E-state index in [0.717, 1.165) is 5.69 Å². The predicted octanol–water partition coefficient (Wildman–Crippen LogP) is 5.39. The molecule has 1 aliphatic carbocycles. The van der Waals surface area contributed by atoms with Crippen molar-refractivity contribution in [3.8, 4) is 0 Å². The van der Waals surface area contributed by atoms with Gasteiger partial charge in [0.1, 0.15) is 0 Å². The van der Waals surface area contributed by atoms with Crippen molar-refractivity contribution in [2.45, 2.75) is 51.0 Å². The molecule has 20 heavy (non-hydrogen) atoms. The summed E-state index contributed by atoms with van der Waals surface area (Å²) in [5, 5.41) is 8.42. The molecule has 2 rings (SSSR count). The molecule has 0 heterocycles. The Morgan fingerprint density at radius 3 is 2.10 bits per heavy atom. The number of thiocarbonyl (C=S) groups is 1. The van der Waals surface area contributed by atoms with E-state index < -0.39 is 0 Å². The van der Waals surface area contributed by atoms with Crippen LogP contribution in [0.3, 0.4) is 0 Å². The molecule has 5 heteroatoms. The lowest BCUT2D eigenvalue weighted by Crippen LogP contribution is -2.38. The van der Waals surface area contributed by atoms with Crippen LogP contribution >= 0.6 is 35.4 Å². The maximum absolute atomic E-state index is 5.98. The monoisotopic (exact) mass is 330 g/mol. The molecule has 1 aromatic rings. The smallest absolute Gasteiger partial charge is 0.170 e. The first-order valence-corrected chi connectivity index (χ1v) is 8.33. The Balaban J connectivity index is 1.87. The Labute approximate surface area is 136 Å². The molecular formula is C15H20Cl2N2S. The predicted molar refractivity (Wildman–Crippen MR) is 91.9 cm³/mol. The summed E-state index contributed by atoms with van der Waals surface area (Å²) < 4.78 is 0. The van der Waals surface area contributed by atoms with Gasteiger partial charge in [0.05, 0.1) is 0 Å². The number of anilines is 1. The van der Waals surface area contributed by atoms with Gasteiger partial charge >= 0.3 is 0 Å². The van der Waals surface area contributed by atoms with Gasteiger partial charge in [-0.25, -0.2) is 0 Å². The van der Waals surface area contributed by atoms with Crippen molar-refractivity contribution in [3.05, 3.63) is 28.2 Å². The number of halogens is 2. The first-order chi connectivity index (χ1) is 9.63. The Bertz CT molecular complexity index is 437. The Morgan fingerprint density at radius 2 is 1.50 bits per heavy atom. The molecular weight excluding hydrogens is 311 g/mol. The molecule has 0 atom stereocenters. The van der Waals surface area contributed by atoms with E-state index in [4.69, 9.17) is 35.4 Å². The van der Waals surface area contributed by atoms with E-state index in [1.54, 1.807) is 6.07 Å². The van der Waals surface area contributed by atoms with Gasteiger partial charge in [0.15, 0.2) is 5.11 Å². The van der Waals surface area contributed by atoms with Crippen molar-refractivity contribution in [3.63, 3.8) is 0 Å². The second kappa shape index (κ2) is 8.06. The normalized spacial score (nSPS) is 17.1. The zero-order valence-electron chi connectivity index (χ0n) is 11.4. The molecule has 0 spiro atoms. The topological polar surface area (TPSA) is 24.1 Å². The molecule has 1 aliphatic rings. The number of nitrogens with one attached hydrogen (secondary N) is 2. The minimum absolute atomic E-state index is 0.477. The zero-order chi connectivity index (χ0) is 14.4. The highest BCUT2D eigenvalue weighted by Crippen LogP contribution is 2.22. The van der Waals surface area contributed by atoms with E-state index in [0.29, 0.717) is 21.2 Å². The van der Waals surface area contributed by atoms with Crippen LogP contribution < -0.4 is 10.6 Å². The van der Waals surface area contributed by atoms with Crippen molar-refractivity contribution in [1.82, 2.24) is 5.32 Å². The second-order valence-electron chi connectivity index (χ2n) is 5.30. The van der Waals surface area contributed by atoms with Crippen molar-refractivity contribution < 1.29 is 0 Å². The third-order valence-corrected chi connectivity index (χ3v) is 4.22. The van der Waals surface area contributed by atoms with Gasteiger partial charge in [-0.1, -0.05) is 55.3 Å². The number of hydrogen-bond donors (Lipinski definition) is 2. The summed E-state index contributed by atoms with van der Waals surface area (Å²) in [5.74, 6) is 0. The Morgan fingerprint density at radius 1 is 0.950 bits per heavy atom. The van der Waals surface area contributed by atoms with Gasteiger partial charge in [-0.3, -0.25) is 0 Å². The molecule has 1 fully saturated rings. The molecule has 0 radical (unpaired) electrons. The van der Waals surface area contributed by atoms with Crippen LogP contribution in [0.15, 0.2) is 18.2 Å². The van der Waals surface area contributed by atoms with Crippen LogP contribution in [0.25, 0.3) is 0 Å². The van der Waals surface area contributed by atoms with Crippen LogP contribution in [-0.2, 0) is 0 Å². The van der Waals surface area contributed by atoms with E-state index in [9.17, 15) is 0 Å². The fourth-order valence-corrected chi connectivity index (χ4v) is 3.39. The fraction of sp³-hybridized carbons (Fsp3) is 0.533. The molecule has 0 aromatic heterocycles. The summed E-state index contributed by atoms with van der Waals surface area (Å²) >= 11 is 17.3. The van der Waals surface area contributed by atoms with Crippen LogP contribution in [0.4, 0.5) is 5.69 Å². The van der Waals surface area contributed by atoms with Gasteiger partial charge in [0.2, 0.25) is 0 Å². The van der Waals surface area contributed by atoms with Gasteiger partial charge in [-0.2, -0.15) is 0 Å². The van der Waals surface area contributed by atoms with Crippen molar-refractivity contribution in [1.29, 1.82) is 0 Å². The minimum Gasteiger partial charge on any atom is -0.360 e. The quantitative estimate of drug-likeness (QED) is 0.710. The largest absolute Gasteiger partial charge is 0.360 e. The third-order valence-electron chi connectivity index (χ3n) is 3.56. The van der Waals surface area contributed by atoms with Gasteiger partial charge < -0.3 is 10.6 Å². The van der Waals surface area contributed by atoms with E-state index >= 15 is 0 Å². The van der Waals surface area contributed by atoms with Gasteiger partial charge in [-0.05, 0) is 43.3 Å². The number of benzene rings is 1. The molecule has 2 nitrogen and oxygen atoms in total. The number of hydrogen-bond acceptors (Lipinski definition) is 1. The third kappa shape index (κ3) is 5.47. The summed E-state index contributed by atoms with van der Waals surface area (Å²) in [6.45, 7) is 0. The molecule has 0 unspecified atom stereocenters. The maximum Gasteiger partial charge on any atom is 0.170 e. The molecule has 110 valence electrons. The lowest BCUT2D eigenvalue weighted by atomic mass is 9.97. The molecule has 0 aliphatic heterocycles. The standard InChI is InChI=1S/C15H20Cl2N2S/c16-11-8-12(17)10-14(9-11)19-15(20)18-13-6-4-2-1-3-5-7-13/h8-10,13H,1-7H2,(H2,18,19,20). The second-order valence-corrected chi connectivity index (χ2v) is 6.58. The van der Waals surface area contributed by atoms with Crippen molar-refractivity contribution in [2.75, 3.05) is 5.32 Å². The number of rotatable bonds is 2. The minimum atomic E-state index is 0.477. The summed E-state index contributed by atoms with van der Waals surface area (Å²) in [6.07, 6.45) is 8.99. The van der Waals surface area contributed by atoms with Gasteiger partial charge in [0.25, 0.3) is 0 Å². The van der Waals surface area contributed by atoms with Crippen LogP contribution in [0.5, 0.6) is 0 Å². The summed E-state index contributed by atoms with van der Waals surface area (Å²) in [7, 11) is 0. The molecule has 0 saturated heterocycles. The molecule has 0 bridgehead atoms. The van der Waals surface area contributed by atoms with Crippen molar-refractivity contribution >= 4 is 46.2 Å². The summed E-state index contributed by atoms with van der Waals surface area (Å²) in [5.41, 5.74) is 0.825. The van der Waals surface area contributed by atoms with Crippen LogP contribution in [0.1, 0.15) is 44.9 Å². The van der Waals surface area contributed by atoms with Crippen LogP contribution in [0.2, 0.25) is 10.0 Å². The lowest BCUT2D eigenvalue weighted by molar-refractivity contribution is 0.430. The van der Waals surface area contributed by atoms with Gasteiger partial charge in [0, 0.05) is 21.8 Å². The van der Waals surface area contributed by atoms with Crippen molar-refractivity contribution in [2.24, 2.45) is 0 Å². The zero-order valence-corrected chi connectivity index (χ0v) is 13.8. The molecule has 1 saturated carbocycles. The van der Waals surface area contributed by atoms with Crippen LogP contribution in [0, 0.1) is 0 Å². The summed E-state index contributed by atoms with van der Waals surface area (Å²) in [6, 6.07) is 5.82. The van der Waals surface area contributed by atoms with E-state index in [1.165, 1.54) is 44.9 Å². The fourth-order valence-electron chi connectivity index (χ4n) is 2.58. The SMILES string of the molecule is S=C(Nc1cc(Cl)cc(Cl)c1)NC1CCCCCCC1. The maximum atomic E-state index is 5.98. The molecule has 0 amide bonds. The highest BCUT2D eigenvalue weighted by Gasteiger charge is 2.12. The van der Waals surface area contributed by atoms with E-state index in [1.807, 2.05) is 12.1 Å². The first kappa shape index (κ1) is 15.9. The summed E-state index contributed by atoms with van der Waals surface area (Å²) in [4.78, 5) is 0. The first-order valence-electron chi connectivity index (χ1n) is 7.17. The Kier molecular flexibility index (Phi) is 6.40. The van der Waals surface area contributed by atoms with Gasteiger partial charge in [-0.15, -0.1) is 0 Å².